The van der Waals surface area contributed by atoms with Gasteiger partial charge in [0, 0.05) is 26.7 Å². The summed E-state index contributed by atoms with van der Waals surface area (Å²) >= 11 is 0. The number of ether oxygens (including phenoxy) is 1. The lowest BCUT2D eigenvalue weighted by Crippen LogP contribution is -2.41. The van der Waals surface area contributed by atoms with Crippen LogP contribution in [0.15, 0.2) is 5.16 Å². The van der Waals surface area contributed by atoms with Crippen molar-refractivity contribution in [1.82, 2.24) is 10.2 Å². The molecule has 0 spiro atoms. The summed E-state index contributed by atoms with van der Waals surface area (Å²) < 4.78 is 4.97. The van der Waals surface area contributed by atoms with Crippen LogP contribution in [0.3, 0.4) is 0 Å². The van der Waals surface area contributed by atoms with Gasteiger partial charge in [-0.05, 0) is 13.5 Å². The molecule has 4 N–H and O–H groups in total. The van der Waals surface area contributed by atoms with Crippen LogP contribution in [0.25, 0.3) is 0 Å². The molecule has 0 radical (unpaired) electrons. The monoisotopic (exact) mass is 274 g/mol. The molecular weight excluding hydrogens is 248 g/mol. The molecule has 1 unspecified atom stereocenters. The predicted molar refractivity (Wildman–Crippen MR) is 74.2 cm³/mol. The van der Waals surface area contributed by atoms with Gasteiger partial charge in [-0.2, -0.15) is 0 Å². The lowest BCUT2D eigenvalue weighted by Gasteiger charge is -2.18. The van der Waals surface area contributed by atoms with Gasteiger partial charge in [0.05, 0.1) is 12.5 Å². The Morgan fingerprint density at radius 3 is 2.74 bits per heavy atom. The van der Waals surface area contributed by atoms with Crippen LogP contribution in [-0.4, -0.2) is 62.2 Å². The highest BCUT2D eigenvalue weighted by Crippen LogP contribution is 2.06. The SMILES string of the molecule is CCCC(C(=O)NCCN(C)CCOC)C(N)=NO. The van der Waals surface area contributed by atoms with Gasteiger partial charge in [0.1, 0.15) is 0 Å². The van der Waals surface area contributed by atoms with E-state index in [2.05, 4.69) is 15.4 Å². The molecule has 7 heteroatoms. The van der Waals surface area contributed by atoms with Gasteiger partial charge in [-0.1, -0.05) is 18.5 Å². The van der Waals surface area contributed by atoms with Gasteiger partial charge in [0.2, 0.25) is 5.91 Å². The first-order valence-electron chi connectivity index (χ1n) is 6.49. The van der Waals surface area contributed by atoms with E-state index >= 15 is 0 Å². The predicted octanol–water partition coefficient (Wildman–Crippen LogP) is -0.156. The summed E-state index contributed by atoms with van der Waals surface area (Å²) in [5, 5.41) is 14.4. The second-order valence-corrected chi connectivity index (χ2v) is 4.45. The number of amides is 1. The molecule has 1 amide bonds. The minimum absolute atomic E-state index is 0.0351. The highest BCUT2D eigenvalue weighted by molar-refractivity contribution is 6.02. The van der Waals surface area contributed by atoms with Crippen LogP contribution in [0.4, 0.5) is 0 Å². The molecule has 0 saturated carbocycles. The van der Waals surface area contributed by atoms with Gasteiger partial charge in [-0.15, -0.1) is 0 Å². The average molecular weight is 274 g/mol. The largest absolute Gasteiger partial charge is 0.409 e. The Kier molecular flexibility index (Phi) is 9.82. The molecule has 7 nitrogen and oxygen atoms in total. The fourth-order valence-corrected chi connectivity index (χ4v) is 1.62. The minimum atomic E-state index is -0.556. The highest BCUT2D eigenvalue weighted by atomic mass is 16.5. The number of nitrogens with one attached hydrogen (secondary N) is 1. The van der Waals surface area contributed by atoms with Gasteiger partial charge in [0.25, 0.3) is 0 Å². The van der Waals surface area contributed by atoms with Crippen molar-refractivity contribution >= 4 is 11.7 Å². The molecule has 0 heterocycles. The van der Waals surface area contributed by atoms with Crippen LogP contribution in [0, 0.1) is 5.92 Å². The summed E-state index contributed by atoms with van der Waals surface area (Å²) in [6, 6.07) is 0. The zero-order valence-corrected chi connectivity index (χ0v) is 12.1. The minimum Gasteiger partial charge on any atom is -0.409 e. The Labute approximate surface area is 114 Å². The number of likely N-dealkylation sites (N-methyl/N-ethyl adjacent to an activating group) is 1. The van der Waals surface area contributed by atoms with E-state index in [1.54, 1.807) is 7.11 Å². The molecule has 0 bridgehead atoms. The second-order valence-electron chi connectivity index (χ2n) is 4.45. The molecule has 1 atom stereocenters. The molecular formula is C12H26N4O3. The molecule has 0 rings (SSSR count). The quantitative estimate of drug-likeness (QED) is 0.222. The van der Waals surface area contributed by atoms with Crippen LogP contribution < -0.4 is 11.1 Å². The first-order valence-corrected chi connectivity index (χ1v) is 6.49. The van der Waals surface area contributed by atoms with E-state index in [4.69, 9.17) is 15.7 Å². The molecule has 0 aromatic carbocycles. The van der Waals surface area contributed by atoms with Crippen molar-refractivity contribution in [3.05, 3.63) is 0 Å². The summed E-state index contributed by atoms with van der Waals surface area (Å²) in [6.07, 6.45) is 1.36. The Balaban J connectivity index is 4.06. The molecule has 112 valence electrons. The number of carbonyl (C=O) groups excluding carboxylic acids is 1. The van der Waals surface area contributed by atoms with Crippen molar-refractivity contribution in [3.63, 3.8) is 0 Å². The zero-order valence-electron chi connectivity index (χ0n) is 12.1. The van der Waals surface area contributed by atoms with Crippen LogP contribution >= 0.6 is 0 Å². The normalized spacial score (nSPS) is 13.6. The summed E-state index contributed by atoms with van der Waals surface area (Å²) in [5.41, 5.74) is 5.51. The smallest absolute Gasteiger partial charge is 0.230 e. The van der Waals surface area contributed by atoms with Crippen LogP contribution in [-0.2, 0) is 9.53 Å². The van der Waals surface area contributed by atoms with E-state index in [0.717, 1.165) is 19.5 Å². The van der Waals surface area contributed by atoms with Crippen molar-refractivity contribution < 1.29 is 14.7 Å². The van der Waals surface area contributed by atoms with Crippen molar-refractivity contribution in [1.29, 1.82) is 0 Å². The Morgan fingerprint density at radius 2 is 2.21 bits per heavy atom. The fourth-order valence-electron chi connectivity index (χ4n) is 1.62. The second kappa shape index (κ2) is 10.6. The van der Waals surface area contributed by atoms with E-state index in [-0.39, 0.29) is 11.7 Å². The Hall–Kier alpha value is -1.34. The maximum absolute atomic E-state index is 11.9. The molecule has 0 aliphatic rings. The molecule has 19 heavy (non-hydrogen) atoms. The van der Waals surface area contributed by atoms with E-state index in [1.807, 2.05) is 14.0 Å². The first kappa shape index (κ1) is 17.7. The number of rotatable bonds is 10. The number of nitrogens with two attached hydrogens (primary N) is 1. The molecule has 0 aromatic heterocycles. The van der Waals surface area contributed by atoms with Crippen LogP contribution in [0.2, 0.25) is 0 Å². The van der Waals surface area contributed by atoms with Crippen molar-refractivity contribution in [2.24, 2.45) is 16.8 Å². The van der Waals surface area contributed by atoms with E-state index in [9.17, 15) is 4.79 Å². The maximum atomic E-state index is 11.9. The number of methoxy groups -OCH3 is 1. The van der Waals surface area contributed by atoms with Crippen molar-refractivity contribution in [2.45, 2.75) is 19.8 Å². The highest BCUT2D eigenvalue weighted by Gasteiger charge is 2.21. The Morgan fingerprint density at radius 1 is 1.53 bits per heavy atom. The summed E-state index contributed by atoms with van der Waals surface area (Å²) in [4.78, 5) is 14.0. The van der Waals surface area contributed by atoms with Crippen molar-refractivity contribution in [3.8, 4) is 0 Å². The third-order valence-electron chi connectivity index (χ3n) is 2.84. The molecule has 0 aliphatic carbocycles. The topological polar surface area (TPSA) is 100 Å². The van der Waals surface area contributed by atoms with Crippen LogP contribution in [0.5, 0.6) is 0 Å². The first-order chi connectivity index (χ1) is 9.06. The summed E-state index contributed by atoms with van der Waals surface area (Å²) in [7, 11) is 3.61. The average Bonchev–Trinajstić information content (AvgIpc) is 2.41. The lowest BCUT2D eigenvalue weighted by molar-refractivity contribution is -0.123. The zero-order chi connectivity index (χ0) is 14.7. The standard InChI is InChI=1S/C12H26N4O3/c1-4-5-10(11(13)15-18)12(17)14-6-7-16(2)8-9-19-3/h10,18H,4-9H2,1-3H3,(H2,13,15)(H,14,17). The van der Waals surface area contributed by atoms with Crippen molar-refractivity contribution in [2.75, 3.05) is 40.4 Å². The van der Waals surface area contributed by atoms with Gasteiger partial charge < -0.3 is 25.9 Å². The molecule has 0 saturated heterocycles. The van der Waals surface area contributed by atoms with Gasteiger partial charge in [-0.25, -0.2) is 0 Å². The number of nitrogens with zero attached hydrogens (tertiary/aromatic N) is 2. The summed E-state index contributed by atoms with van der Waals surface area (Å²) in [5.74, 6) is -0.788. The van der Waals surface area contributed by atoms with Gasteiger partial charge in [0.15, 0.2) is 5.84 Å². The molecule has 0 fully saturated rings. The third-order valence-corrected chi connectivity index (χ3v) is 2.84. The summed E-state index contributed by atoms with van der Waals surface area (Å²) in [6.45, 7) is 4.67. The maximum Gasteiger partial charge on any atom is 0.230 e. The molecule has 0 aliphatic heterocycles. The van der Waals surface area contributed by atoms with Gasteiger partial charge in [-0.3, -0.25) is 4.79 Å². The number of hydrogen-bond donors (Lipinski definition) is 3. The van der Waals surface area contributed by atoms with E-state index in [0.29, 0.717) is 19.6 Å². The van der Waals surface area contributed by atoms with Gasteiger partial charge >= 0.3 is 0 Å². The van der Waals surface area contributed by atoms with E-state index in [1.165, 1.54) is 0 Å². The Bertz CT molecular complexity index is 284. The lowest BCUT2D eigenvalue weighted by atomic mass is 10.0. The number of carbonyl (C=O) groups is 1. The molecule has 0 aromatic rings. The number of hydrogen-bond acceptors (Lipinski definition) is 5. The number of oxime groups is 1. The van der Waals surface area contributed by atoms with Crippen LogP contribution in [0.1, 0.15) is 19.8 Å². The fraction of sp³-hybridized carbons (Fsp3) is 0.833. The van der Waals surface area contributed by atoms with E-state index < -0.39 is 5.92 Å². The number of amidine groups is 1. The third kappa shape index (κ3) is 7.63.